The van der Waals surface area contributed by atoms with Crippen LogP contribution in [0.25, 0.3) is 0 Å². The number of β-lactam (4-membered cyclic amide) rings is 1. The lowest BCUT2D eigenvalue weighted by atomic mass is 10.0. The number of esters is 1. The van der Waals surface area contributed by atoms with Gasteiger partial charge in [0.05, 0.1) is 18.2 Å². The third kappa shape index (κ3) is 3.01. The minimum atomic E-state index is -0.959. The average Bonchev–Trinajstić information content (AvgIpc) is 2.90. The number of rotatable bonds is 5. The number of nitrogens with zero attached hydrogens (tertiary/aromatic N) is 2. The third-order valence-corrected chi connectivity index (χ3v) is 5.92. The predicted molar refractivity (Wildman–Crippen MR) is 104 cm³/mol. The number of hydrogen-bond donors (Lipinski definition) is 0. The van der Waals surface area contributed by atoms with E-state index >= 15 is 0 Å². The van der Waals surface area contributed by atoms with Crippen molar-refractivity contribution in [1.29, 1.82) is 0 Å². The number of imide groups is 1. The number of amides is 3. The summed E-state index contributed by atoms with van der Waals surface area (Å²) in [4.78, 5) is 53.4. The monoisotopic (exact) mass is 402 g/mol. The molecule has 8 heteroatoms. The molecule has 3 rings (SSSR count). The van der Waals surface area contributed by atoms with E-state index in [0.29, 0.717) is 16.7 Å². The number of carbonyl (C=O) groups is 4. The number of hydrogen-bond acceptors (Lipinski definition) is 6. The minimum absolute atomic E-state index is 0.106. The van der Waals surface area contributed by atoms with Crippen molar-refractivity contribution < 1.29 is 23.9 Å². The highest BCUT2D eigenvalue weighted by molar-refractivity contribution is 8.00. The van der Waals surface area contributed by atoms with E-state index in [4.69, 9.17) is 4.74 Å². The van der Waals surface area contributed by atoms with Gasteiger partial charge in [-0.1, -0.05) is 26.0 Å². The summed E-state index contributed by atoms with van der Waals surface area (Å²) in [6.45, 7) is 7.33. The molecule has 1 aromatic rings. The number of likely N-dealkylation sites (tertiary alicyclic amines) is 1. The maximum Gasteiger partial charge on any atom is 0.354 e. The van der Waals surface area contributed by atoms with Crippen molar-refractivity contribution in [3.8, 4) is 0 Å². The summed E-state index contributed by atoms with van der Waals surface area (Å²) in [5.74, 6) is -2.05. The molecule has 1 aromatic carbocycles. The Morgan fingerprint density at radius 3 is 2.04 bits per heavy atom. The summed E-state index contributed by atoms with van der Waals surface area (Å²) in [5.41, 5.74) is 1.36. The van der Waals surface area contributed by atoms with Gasteiger partial charge in [-0.2, -0.15) is 0 Å². The molecule has 148 valence electrons. The Hall–Kier alpha value is -2.61. The van der Waals surface area contributed by atoms with Crippen LogP contribution >= 0.6 is 11.8 Å². The number of allylic oxidation sites excluding steroid dienone is 1. The van der Waals surface area contributed by atoms with Crippen LogP contribution in [0.1, 0.15) is 48.4 Å². The normalized spacial score (nSPS) is 21.0. The highest BCUT2D eigenvalue weighted by Crippen LogP contribution is 2.42. The first-order chi connectivity index (χ1) is 13.2. The van der Waals surface area contributed by atoms with Crippen molar-refractivity contribution in [3.05, 3.63) is 46.7 Å². The van der Waals surface area contributed by atoms with E-state index < -0.39 is 35.1 Å². The second-order valence-electron chi connectivity index (χ2n) is 7.09. The highest BCUT2D eigenvalue weighted by Gasteiger charge is 2.58. The fraction of sp³-hybridized carbons (Fsp3) is 0.400. The van der Waals surface area contributed by atoms with E-state index in [0.717, 1.165) is 4.90 Å². The van der Waals surface area contributed by atoms with Crippen molar-refractivity contribution in [1.82, 2.24) is 9.80 Å². The Labute approximate surface area is 167 Å². The first-order valence-corrected chi connectivity index (χ1v) is 9.86. The third-order valence-electron chi connectivity index (χ3n) is 4.62. The van der Waals surface area contributed by atoms with Crippen LogP contribution in [0.3, 0.4) is 0 Å². The van der Waals surface area contributed by atoms with Gasteiger partial charge in [0.2, 0.25) is 0 Å². The maximum absolute atomic E-state index is 13.1. The lowest BCUT2D eigenvalue weighted by molar-refractivity contribution is -0.152. The summed E-state index contributed by atoms with van der Waals surface area (Å²) in [5, 5.41) is -0.451. The van der Waals surface area contributed by atoms with Crippen LogP contribution in [0, 0.1) is 0 Å². The van der Waals surface area contributed by atoms with Crippen LogP contribution in [0.5, 0.6) is 0 Å². The zero-order valence-corrected chi connectivity index (χ0v) is 17.2. The van der Waals surface area contributed by atoms with Gasteiger partial charge in [0.1, 0.15) is 17.1 Å². The van der Waals surface area contributed by atoms with Gasteiger partial charge < -0.3 is 4.74 Å². The van der Waals surface area contributed by atoms with Gasteiger partial charge in [0, 0.05) is 5.25 Å². The maximum atomic E-state index is 13.1. The molecule has 0 aromatic heterocycles. The number of carbonyl (C=O) groups excluding carboxylic acids is 4. The molecule has 0 saturated carbocycles. The lowest BCUT2D eigenvalue weighted by Gasteiger charge is -2.50. The molecule has 2 atom stereocenters. The quantitative estimate of drug-likeness (QED) is 0.326. The Kier molecular flexibility index (Phi) is 5.34. The smallest absolute Gasteiger partial charge is 0.354 e. The molecule has 2 aliphatic rings. The molecule has 0 N–H and O–H groups in total. The van der Waals surface area contributed by atoms with Crippen LogP contribution in [0.15, 0.2) is 35.5 Å². The topological polar surface area (TPSA) is 84.0 Å². The van der Waals surface area contributed by atoms with Gasteiger partial charge in [-0.05, 0) is 31.6 Å². The minimum Gasteiger partial charge on any atom is -0.464 e. The Bertz CT molecular complexity index is 869. The first kappa shape index (κ1) is 20.1. The van der Waals surface area contributed by atoms with E-state index in [2.05, 4.69) is 0 Å². The standard InChI is InChI=1S/C20H22N2O5S/c1-10(2)14(20(26)27-5)22-18(25)15(19(22)28-11(3)4)21-16(23)12-8-6-7-9-13(12)17(21)24/h6-9,11,15,19H,1-5H3. The van der Waals surface area contributed by atoms with Crippen LogP contribution in [0.4, 0.5) is 0 Å². The second kappa shape index (κ2) is 7.43. The number of benzene rings is 1. The summed E-state index contributed by atoms with van der Waals surface area (Å²) in [6.07, 6.45) is 0. The van der Waals surface area contributed by atoms with Crippen molar-refractivity contribution in [2.75, 3.05) is 7.11 Å². The largest absolute Gasteiger partial charge is 0.464 e. The Morgan fingerprint density at radius 2 is 1.61 bits per heavy atom. The van der Waals surface area contributed by atoms with E-state index in [1.165, 1.54) is 23.8 Å². The van der Waals surface area contributed by atoms with Crippen molar-refractivity contribution in [2.24, 2.45) is 0 Å². The number of fused-ring (bicyclic) bond motifs is 1. The van der Waals surface area contributed by atoms with E-state index in [1.807, 2.05) is 13.8 Å². The zero-order valence-electron chi connectivity index (χ0n) is 16.4. The average molecular weight is 402 g/mol. The van der Waals surface area contributed by atoms with Gasteiger partial charge in [-0.3, -0.25) is 24.2 Å². The van der Waals surface area contributed by atoms with Crippen LogP contribution < -0.4 is 0 Å². The lowest BCUT2D eigenvalue weighted by Crippen LogP contribution is -2.70. The highest BCUT2D eigenvalue weighted by atomic mass is 32.2. The molecule has 1 fully saturated rings. The summed E-state index contributed by atoms with van der Waals surface area (Å²) >= 11 is 1.42. The zero-order chi connectivity index (χ0) is 20.7. The van der Waals surface area contributed by atoms with Crippen molar-refractivity contribution >= 4 is 35.5 Å². The number of methoxy groups -OCH3 is 1. The van der Waals surface area contributed by atoms with Crippen LogP contribution in [0.2, 0.25) is 0 Å². The van der Waals surface area contributed by atoms with Crippen LogP contribution in [-0.2, 0) is 14.3 Å². The number of thioether (sulfide) groups is 1. The molecule has 0 radical (unpaired) electrons. The van der Waals surface area contributed by atoms with E-state index in [-0.39, 0.29) is 10.9 Å². The molecule has 28 heavy (non-hydrogen) atoms. The molecule has 0 spiro atoms. The summed E-state index contributed by atoms with van der Waals surface area (Å²) in [7, 11) is 1.25. The number of ether oxygens (including phenoxy) is 1. The first-order valence-electron chi connectivity index (χ1n) is 8.92. The Balaban J connectivity index is 2.00. The van der Waals surface area contributed by atoms with Gasteiger partial charge >= 0.3 is 5.97 Å². The van der Waals surface area contributed by atoms with Crippen molar-refractivity contribution in [3.63, 3.8) is 0 Å². The van der Waals surface area contributed by atoms with E-state index in [1.54, 1.807) is 38.1 Å². The molecule has 0 aliphatic carbocycles. The second-order valence-corrected chi connectivity index (χ2v) is 8.79. The van der Waals surface area contributed by atoms with Gasteiger partial charge in [0.25, 0.3) is 17.7 Å². The summed E-state index contributed by atoms with van der Waals surface area (Å²) < 4.78 is 4.84. The molecule has 2 unspecified atom stereocenters. The van der Waals surface area contributed by atoms with Gasteiger partial charge in [-0.25, -0.2) is 4.79 Å². The van der Waals surface area contributed by atoms with Gasteiger partial charge in [0.15, 0.2) is 0 Å². The molecule has 1 saturated heterocycles. The summed E-state index contributed by atoms with van der Waals surface area (Å²) in [6, 6.07) is 5.57. The molecule has 2 aliphatic heterocycles. The fourth-order valence-electron chi connectivity index (χ4n) is 3.44. The Morgan fingerprint density at radius 1 is 1.07 bits per heavy atom. The predicted octanol–water partition coefficient (Wildman–Crippen LogP) is 2.43. The fourth-order valence-corrected chi connectivity index (χ4v) is 4.71. The van der Waals surface area contributed by atoms with E-state index in [9.17, 15) is 19.2 Å². The SMILES string of the molecule is COC(=O)C(=C(C)C)N1C(=O)C(N2C(=O)c3ccccc3C2=O)C1SC(C)C. The molecule has 2 heterocycles. The molecule has 0 bridgehead atoms. The molecular weight excluding hydrogens is 380 g/mol. The van der Waals surface area contributed by atoms with Crippen molar-refractivity contribution in [2.45, 2.75) is 44.4 Å². The van der Waals surface area contributed by atoms with Crippen LogP contribution in [-0.4, -0.2) is 57.3 Å². The molecule has 7 nitrogen and oxygen atoms in total. The van der Waals surface area contributed by atoms with Gasteiger partial charge in [-0.15, -0.1) is 11.8 Å². The molecular formula is C20H22N2O5S. The molecule has 3 amide bonds.